The Morgan fingerprint density at radius 1 is 0.923 bits per heavy atom. The van der Waals surface area contributed by atoms with E-state index < -0.39 is 47.4 Å². The van der Waals surface area contributed by atoms with Crippen molar-refractivity contribution in [2.24, 2.45) is 0 Å². The highest BCUT2D eigenvalue weighted by molar-refractivity contribution is 6.56. The lowest BCUT2D eigenvalue weighted by Gasteiger charge is -2.32. The number of alkyl carbamates (subject to hydrolysis) is 1. The highest BCUT2D eigenvalue weighted by Crippen LogP contribution is 2.44. The lowest BCUT2D eigenvalue weighted by Crippen LogP contribution is -2.41. The van der Waals surface area contributed by atoms with E-state index in [-0.39, 0.29) is 24.5 Å². The zero-order valence-electron chi connectivity index (χ0n) is 22.2. The fraction of sp³-hybridized carbons (Fsp3) is 0.300. The molecule has 0 aromatic heterocycles. The topological polar surface area (TPSA) is 56.8 Å². The van der Waals surface area contributed by atoms with Gasteiger partial charge in [0.2, 0.25) is 0 Å². The Morgan fingerprint density at radius 3 is 1.97 bits per heavy atom. The number of fused-ring (bicyclic) bond motifs is 3. The molecule has 5 rings (SSSR count). The molecular formula is C30H29BF3NO4. The summed E-state index contributed by atoms with van der Waals surface area (Å²) in [5.41, 5.74) is 2.67. The van der Waals surface area contributed by atoms with Crippen LogP contribution in [0.15, 0.2) is 66.1 Å². The van der Waals surface area contributed by atoms with Gasteiger partial charge in [0.15, 0.2) is 0 Å². The fourth-order valence-corrected chi connectivity index (χ4v) is 4.90. The number of hydrogen-bond donors (Lipinski definition) is 1. The number of hydrogen-bond acceptors (Lipinski definition) is 4. The van der Waals surface area contributed by atoms with Crippen LogP contribution in [0.3, 0.4) is 0 Å². The predicted octanol–water partition coefficient (Wildman–Crippen LogP) is 6.66. The Morgan fingerprint density at radius 2 is 1.44 bits per heavy atom. The number of benzene rings is 3. The Hall–Kier alpha value is -3.56. The van der Waals surface area contributed by atoms with E-state index in [9.17, 15) is 18.0 Å². The van der Waals surface area contributed by atoms with Crippen LogP contribution in [0, 0.1) is 17.5 Å². The summed E-state index contributed by atoms with van der Waals surface area (Å²) in [6.45, 7) is 7.27. The molecule has 2 aliphatic rings. The van der Waals surface area contributed by atoms with Crippen molar-refractivity contribution in [3.63, 3.8) is 0 Å². The number of rotatable bonds is 6. The number of carbonyl (C=O) groups excluding carboxylic acids is 1. The first kappa shape index (κ1) is 27.0. The lowest BCUT2D eigenvalue weighted by molar-refractivity contribution is 0.00578. The SMILES string of the molecule is CC1(C)OB(C(=Cc2c(F)cc(F)cc2F)CNC(=O)OCC2c3ccccc3-c3ccccc32)OC1(C)C. The van der Waals surface area contributed by atoms with Crippen molar-refractivity contribution < 1.29 is 32.0 Å². The Bertz CT molecular complexity index is 1370. The number of nitrogens with one attached hydrogen (secondary N) is 1. The highest BCUT2D eigenvalue weighted by Gasteiger charge is 2.52. The maximum absolute atomic E-state index is 14.5. The van der Waals surface area contributed by atoms with E-state index in [1.807, 2.05) is 76.2 Å². The van der Waals surface area contributed by atoms with Gasteiger partial charge in [0.1, 0.15) is 24.1 Å². The average Bonchev–Trinajstić information content (AvgIpc) is 3.31. The summed E-state index contributed by atoms with van der Waals surface area (Å²) in [5.74, 6) is -3.31. The van der Waals surface area contributed by atoms with Gasteiger partial charge in [-0.25, -0.2) is 18.0 Å². The summed E-state index contributed by atoms with van der Waals surface area (Å²) in [6, 6.07) is 17.2. The van der Waals surface area contributed by atoms with Gasteiger partial charge in [-0.3, -0.25) is 0 Å². The molecule has 3 aromatic carbocycles. The van der Waals surface area contributed by atoms with Crippen LogP contribution in [0.25, 0.3) is 17.2 Å². The van der Waals surface area contributed by atoms with Crippen LogP contribution in [-0.4, -0.2) is 37.6 Å². The minimum Gasteiger partial charge on any atom is -0.449 e. The molecule has 39 heavy (non-hydrogen) atoms. The third-order valence-corrected chi connectivity index (χ3v) is 7.71. The molecule has 1 N–H and O–H groups in total. The molecule has 0 saturated carbocycles. The van der Waals surface area contributed by atoms with Gasteiger partial charge in [-0.1, -0.05) is 54.6 Å². The van der Waals surface area contributed by atoms with E-state index in [0.717, 1.165) is 22.3 Å². The molecule has 0 radical (unpaired) electrons. The van der Waals surface area contributed by atoms with E-state index in [4.69, 9.17) is 14.0 Å². The van der Waals surface area contributed by atoms with Crippen molar-refractivity contribution in [3.8, 4) is 11.1 Å². The highest BCUT2D eigenvalue weighted by atomic mass is 19.1. The first-order valence-corrected chi connectivity index (χ1v) is 12.8. The van der Waals surface area contributed by atoms with Crippen LogP contribution < -0.4 is 5.32 Å². The molecule has 1 heterocycles. The first-order chi connectivity index (χ1) is 18.5. The number of halogens is 3. The van der Waals surface area contributed by atoms with Crippen LogP contribution in [0.1, 0.15) is 50.3 Å². The van der Waals surface area contributed by atoms with E-state index in [0.29, 0.717) is 12.1 Å². The van der Waals surface area contributed by atoms with Crippen molar-refractivity contribution in [1.29, 1.82) is 0 Å². The third kappa shape index (κ3) is 5.21. The molecule has 9 heteroatoms. The lowest BCUT2D eigenvalue weighted by atomic mass is 9.77. The van der Waals surface area contributed by atoms with Gasteiger partial charge in [-0.15, -0.1) is 0 Å². The quantitative estimate of drug-likeness (QED) is 0.359. The van der Waals surface area contributed by atoms with Gasteiger partial charge >= 0.3 is 13.2 Å². The molecule has 1 saturated heterocycles. The van der Waals surface area contributed by atoms with Crippen LogP contribution in [-0.2, 0) is 14.0 Å². The second kappa shape index (κ2) is 10.2. The molecule has 1 fully saturated rings. The molecule has 202 valence electrons. The molecule has 0 spiro atoms. The van der Waals surface area contributed by atoms with Crippen LogP contribution in [0.5, 0.6) is 0 Å². The Labute approximate surface area is 226 Å². The predicted molar refractivity (Wildman–Crippen MR) is 143 cm³/mol. The molecule has 0 unspecified atom stereocenters. The van der Waals surface area contributed by atoms with E-state index >= 15 is 0 Å². The summed E-state index contributed by atoms with van der Waals surface area (Å²) in [5, 5.41) is 2.65. The number of carbonyl (C=O) groups is 1. The van der Waals surface area contributed by atoms with Gasteiger partial charge in [0.05, 0.1) is 11.2 Å². The molecular weight excluding hydrogens is 506 g/mol. The van der Waals surface area contributed by atoms with E-state index in [1.54, 1.807) is 0 Å². The fourth-order valence-electron chi connectivity index (χ4n) is 4.90. The van der Waals surface area contributed by atoms with Gasteiger partial charge in [-0.05, 0) is 55.4 Å². The zero-order chi connectivity index (χ0) is 27.9. The smallest absolute Gasteiger partial charge is 0.449 e. The molecule has 0 bridgehead atoms. The van der Waals surface area contributed by atoms with Crippen molar-refractivity contribution >= 4 is 19.3 Å². The van der Waals surface area contributed by atoms with Crippen LogP contribution in [0.2, 0.25) is 0 Å². The summed E-state index contributed by atoms with van der Waals surface area (Å²) < 4.78 is 60.1. The monoisotopic (exact) mass is 535 g/mol. The van der Waals surface area contributed by atoms with Crippen molar-refractivity contribution in [2.45, 2.75) is 44.8 Å². The van der Waals surface area contributed by atoms with Crippen molar-refractivity contribution in [2.75, 3.05) is 13.2 Å². The molecule has 3 aromatic rings. The summed E-state index contributed by atoms with van der Waals surface area (Å²) >= 11 is 0. The van der Waals surface area contributed by atoms with Gasteiger partial charge in [0.25, 0.3) is 0 Å². The Balaban J connectivity index is 1.33. The molecule has 1 amide bonds. The van der Waals surface area contributed by atoms with E-state index in [2.05, 4.69) is 5.32 Å². The van der Waals surface area contributed by atoms with Gasteiger partial charge in [0, 0.05) is 30.2 Å². The largest absolute Gasteiger partial charge is 0.492 e. The third-order valence-electron chi connectivity index (χ3n) is 7.71. The maximum Gasteiger partial charge on any atom is 0.492 e. The average molecular weight is 535 g/mol. The van der Waals surface area contributed by atoms with Crippen molar-refractivity contribution in [3.05, 3.63) is 100 Å². The minimum atomic E-state index is -1.08. The van der Waals surface area contributed by atoms with Crippen LogP contribution in [0.4, 0.5) is 18.0 Å². The summed E-state index contributed by atoms with van der Waals surface area (Å²) in [6.07, 6.45) is 0.468. The standard InChI is InChI=1S/C30H29BF3NO4/c1-29(2)30(3,4)39-31(38-29)18(13-24-26(33)14-19(32)15-27(24)34)16-35-28(36)37-17-25-22-11-7-5-9-20(22)21-10-6-8-12-23(21)25/h5-15,25H,16-17H2,1-4H3,(H,35,36). The minimum absolute atomic E-state index is 0.108. The zero-order valence-corrected chi connectivity index (χ0v) is 22.2. The molecule has 1 aliphatic heterocycles. The number of amides is 1. The molecule has 1 aliphatic carbocycles. The Kier molecular flexibility index (Phi) is 7.07. The summed E-state index contributed by atoms with van der Waals surface area (Å²) in [7, 11) is -1.01. The van der Waals surface area contributed by atoms with E-state index in [1.165, 1.54) is 6.08 Å². The second-order valence-electron chi connectivity index (χ2n) is 10.8. The van der Waals surface area contributed by atoms with Crippen molar-refractivity contribution in [1.82, 2.24) is 5.32 Å². The van der Waals surface area contributed by atoms with Gasteiger partial charge in [-0.2, -0.15) is 0 Å². The first-order valence-electron chi connectivity index (χ1n) is 12.8. The number of ether oxygens (including phenoxy) is 1. The maximum atomic E-state index is 14.5. The summed E-state index contributed by atoms with van der Waals surface area (Å²) in [4.78, 5) is 12.8. The second-order valence-corrected chi connectivity index (χ2v) is 10.8. The molecule has 5 nitrogen and oxygen atoms in total. The van der Waals surface area contributed by atoms with Crippen LogP contribution >= 0.6 is 0 Å². The molecule has 0 atom stereocenters. The normalized spacial score (nSPS) is 17.6. The van der Waals surface area contributed by atoms with Gasteiger partial charge < -0.3 is 19.4 Å².